The lowest BCUT2D eigenvalue weighted by Crippen LogP contribution is -2.50. The number of benzene rings is 3. The van der Waals surface area contributed by atoms with Crippen molar-refractivity contribution in [2.45, 2.75) is 63.8 Å². The Morgan fingerprint density at radius 2 is 1.54 bits per heavy atom. The minimum Gasteiger partial charge on any atom is -0.483 e. The fraction of sp³-hybridized carbons (Fsp3) is 0.394. The van der Waals surface area contributed by atoms with Crippen LogP contribution in [0.4, 0.5) is 4.79 Å². The van der Waals surface area contributed by atoms with Gasteiger partial charge in [-0.2, -0.15) is 11.8 Å². The smallest absolute Gasteiger partial charge is 0.407 e. The maximum atomic E-state index is 13.1. The second-order valence-corrected chi connectivity index (χ2v) is 11.7. The van der Waals surface area contributed by atoms with Gasteiger partial charge in [0.15, 0.2) is 6.61 Å². The Kier molecular flexibility index (Phi) is 11.5. The van der Waals surface area contributed by atoms with Crippen LogP contribution < -0.4 is 15.4 Å². The minimum absolute atomic E-state index is 0.0932. The SMILES string of the molecule is Cc1cccc(C)c1OCC(=O)N[C@@H](Cc1ccccc1)[C@@H](O)C[C@H](Cc1ccccc1)NC(=O)O[C@@H]1CCSC1. The molecule has 41 heavy (non-hydrogen) atoms. The topological polar surface area (TPSA) is 96.9 Å². The molecule has 1 heterocycles. The number of alkyl carbamates (subject to hydrolysis) is 1. The van der Waals surface area contributed by atoms with Crippen LogP contribution in [0.3, 0.4) is 0 Å². The van der Waals surface area contributed by atoms with Crippen LogP contribution in [0.5, 0.6) is 5.75 Å². The lowest BCUT2D eigenvalue weighted by atomic mass is 9.93. The lowest BCUT2D eigenvalue weighted by Gasteiger charge is -2.28. The molecule has 1 aliphatic heterocycles. The Morgan fingerprint density at radius 3 is 2.15 bits per heavy atom. The van der Waals surface area contributed by atoms with Gasteiger partial charge in [-0.05, 0) is 67.5 Å². The monoisotopic (exact) mass is 576 g/mol. The van der Waals surface area contributed by atoms with Gasteiger partial charge in [0.2, 0.25) is 0 Å². The molecule has 0 radical (unpaired) electrons. The molecule has 3 N–H and O–H groups in total. The zero-order valence-electron chi connectivity index (χ0n) is 23.8. The molecule has 1 aliphatic rings. The van der Waals surface area contributed by atoms with Crippen molar-refractivity contribution in [1.29, 1.82) is 0 Å². The number of aryl methyl sites for hydroxylation is 2. The molecule has 0 aliphatic carbocycles. The van der Waals surface area contributed by atoms with Crippen molar-refractivity contribution in [3.05, 3.63) is 101 Å². The number of aliphatic hydroxyl groups excluding tert-OH is 1. The third-order valence-corrected chi connectivity index (χ3v) is 8.33. The van der Waals surface area contributed by atoms with Gasteiger partial charge in [-0.25, -0.2) is 4.79 Å². The Labute approximate surface area is 247 Å². The fourth-order valence-electron chi connectivity index (χ4n) is 5.07. The van der Waals surface area contributed by atoms with E-state index >= 15 is 0 Å². The Morgan fingerprint density at radius 1 is 0.902 bits per heavy atom. The van der Waals surface area contributed by atoms with Gasteiger partial charge >= 0.3 is 6.09 Å². The largest absolute Gasteiger partial charge is 0.483 e. The van der Waals surface area contributed by atoms with Crippen molar-refractivity contribution in [2.24, 2.45) is 0 Å². The Balaban J connectivity index is 1.45. The number of nitrogens with one attached hydrogen (secondary N) is 2. The average molecular weight is 577 g/mol. The zero-order chi connectivity index (χ0) is 29.0. The van der Waals surface area contributed by atoms with Gasteiger partial charge in [0.05, 0.1) is 12.1 Å². The summed E-state index contributed by atoms with van der Waals surface area (Å²) in [6, 6.07) is 24.4. The molecule has 1 saturated heterocycles. The molecule has 7 nitrogen and oxygen atoms in total. The normalized spacial score (nSPS) is 16.8. The molecule has 4 rings (SSSR count). The van der Waals surface area contributed by atoms with E-state index in [1.54, 1.807) is 11.8 Å². The molecule has 4 atom stereocenters. The lowest BCUT2D eigenvalue weighted by molar-refractivity contribution is -0.124. The molecule has 2 amide bonds. The zero-order valence-corrected chi connectivity index (χ0v) is 24.6. The van der Waals surface area contributed by atoms with Crippen molar-refractivity contribution in [2.75, 3.05) is 18.1 Å². The number of aliphatic hydroxyl groups is 1. The average Bonchev–Trinajstić information content (AvgIpc) is 3.46. The molecule has 0 unspecified atom stereocenters. The highest BCUT2D eigenvalue weighted by Gasteiger charge is 2.28. The number of thioether (sulfide) groups is 1. The van der Waals surface area contributed by atoms with Crippen LogP contribution in [0.2, 0.25) is 0 Å². The summed E-state index contributed by atoms with van der Waals surface area (Å²) in [5.74, 6) is 2.15. The first-order valence-corrected chi connectivity index (χ1v) is 15.3. The number of ether oxygens (including phenoxy) is 2. The molecular formula is C33H40N2O5S. The summed E-state index contributed by atoms with van der Waals surface area (Å²) in [6.07, 6.45) is 0.529. The number of para-hydroxylation sites is 1. The Bertz CT molecular complexity index is 1230. The van der Waals surface area contributed by atoms with E-state index in [1.807, 2.05) is 92.7 Å². The molecule has 0 aromatic heterocycles. The fourth-order valence-corrected chi connectivity index (χ4v) is 6.16. The predicted octanol–water partition coefficient (Wildman–Crippen LogP) is 5.00. The van der Waals surface area contributed by atoms with E-state index in [0.717, 1.165) is 40.2 Å². The van der Waals surface area contributed by atoms with Crippen molar-refractivity contribution in [3.8, 4) is 5.75 Å². The molecule has 0 saturated carbocycles. The molecule has 0 bridgehead atoms. The summed E-state index contributed by atoms with van der Waals surface area (Å²) < 4.78 is 11.5. The van der Waals surface area contributed by atoms with Crippen molar-refractivity contribution < 1.29 is 24.2 Å². The van der Waals surface area contributed by atoms with Crippen LogP contribution in [-0.4, -0.2) is 59.5 Å². The van der Waals surface area contributed by atoms with Gasteiger partial charge in [0, 0.05) is 11.8 Å². The molecule has 3 aromatic carbocycles. The second kappa shape index (κ2) is 15.5. The number of carbonyl (C=O) groups excluding carboxylic acids is 2. The van der Waals surface area contributed by atoms with Crippen molar-refractivity contribution >= 4 is 23.8 Å². The van der Waals surface area contributed by atoms with Gasteiger partial charge in [-0.1, -0.05) is 78.9 Å². The molecule has 8 heteroatoms. The van der Waals surface area contributed by atoms with E-state index < -0.39 is 24.3 Å². The van der Waals surface area contributed by atoms with Gasteiger partial charge in [0.25, 0.3) is 5.91 Å². The first-order chi connectivity index (χ1) is 19.9. The standard InChI is InChI=1S/C33H40N2O5S/c1-23-10-9-11-24(2)32(23)39-21-31(37)35-29(19-26-14-7-4-8-15-26)30(36)20-27(18-25-12-5-3-6-13-25)34-33(38)40-28-16-17-41-22-28/h3-15,27-30,36H,16-22H2,1-2H3,(H,34,38)(H,35,37)/t27-,28+,29-,30-/m0/s1. The molecule has 1 fully saturated rings. The van der Waals surface area contributed by atoms with Crippen LogP contribution in [0, 0.1) is 13.8 Å². The summed E-state index contributed by atoms with van der Waals surface area (Å²) in [5.41, 5.74) is 3.93. The summed E-state index contributed by atoms with van der Waals surface area (Å²) in [4.78, 5) is 25.8. The summed E-state index contributed by atoms with van der Waals surface area (Å²) in [7, 11) is 0. The maximum Gasteiger partial charge on any atom is 0.407 e. The van der Waals surface area contributed by atoms with Gasteiger partial charge in [-0.15, -0.1) is 0 Å². The van der Waals surface area contributed by atoms with Crippen LogP contribution in [0.15, 0.2) is 78.9 Å². The minimum atomic E-state index is -0.935. The van der Waals surface area contributed by atoms with Crippen LogP contribution in [-0.2, 0) is 22.4 Å². The first-order valence-electron chi connectivity index (χ1n) is 14.2. The third kappa shape index (κ3) is 9.83. The van der Waals surface area contributed by atoms with E-state index in [9.17, 15) is 14.7 Å². The first kappa shape index (κ1) is 30.5. The van der Waals surface area contributed by atoms with Crippen molar-refractivity contribution in [3.63, 3.8) is 0 Å². The number of carbonyl (C=O) groups is 2. The number of hydrogen-bond acceptors (Lipinski definition) is 6. The molecular weight excluding hydrogens is 536 g/mol. The van der Waals surface area contributed by atoms with Crippen LogP contribution in [0.1, 0.15) is 35.1 Å². The van der Waals surface area contributed by atoms with Gasteiger partial charge in [0.1, 0.15) is 11.9 Å². The van der Waals surface area contributed by atoms with E-state index in [-0.39, 0.29) is 25.0 Å². The van der Waals surface area contributed by atoms with Gasteiger partial charge in [-0.3, -0.25) is 4.79 Å². The van der Waals surface area contributed by atoms with Crippen LogP contribution in [0.25, 0.3) is 0 Å². The van der Waals surface area contributed by atoms with Crippen LogP contribution >= 0.6 is 11.8 Å². The quantitative estimate of drug-likeness (QED) is 0.265. The molecule has 0 spiro atoms. The highest BCUT2D eigenvalue weighted by Crippen LogP contribution is 2.23. The Hall–Kier alpha value is -3.49. The summed E-state index contributed by atoms with van der Waals surface area (Å²) >= 11 is 1.78. The summed E-state index contributed by atoms with van der Waals surface area (Å²) in [5, 5.41) is 17.5. The van der Waals surface area contributed by atoms with E-state index in [4.69, 9.17) is 9.47 Å². The number of amides is 2. The second-order valence-electron chi connectivity index (χ2n) is 10.6. The molecule has 218 valence electrons. The van der Waals surface area contributed by atoms with Crippen molar-refractivity contribution in [1.82, 2.24) is 10.6 Å². The molecule has 3 aromatic rings. The predicted molar refractivity (Wildman–Crippen MR) is 163 cm³/mol. The number of rotatable bonds is 13. The van der Waals surface area contributed by atoms with E-state index in [0.29, 0.717) is 18.6 Å². The van der Waals surface area contributed by atoms with E-state index in [2.05, 4.69) is 10.6 Å². The number of hydrogen-bond donors (Lipinski definition) is 3. The highest BCUT2D eigenvalue weighted by atomic mass is 32.2. The highest BCUT2D eigenvalue weighted by molar-refractivity contribution is 7.99. The van der Waals surface area contributed by atoms with Gasteiger partial charge < -0.3 is 25.2 Å². The third-order valence-electron chi connectivity index (χ3n) is 7.20. The summed E-state index contributed by atoms with van der Waals surface area (Å²) in [6.45, 7) is 3.72. The maximum absolute atomic E-state index is 13.1. The van der Waals surface area contributed by atoms with E-state index in [1.165, 1.54) is 0 Å².